The molecule has 0 radical (unpaired) electrons. The molecule has 0 N–H and O–H groups in total. The molecule has 0 aliphatic carbocycles. The smallest absolute Gasteiger partial charge is 0.460 e. The summed E-state index contributed by atoms with van der Waals surface area (Å²) in [6.07, 6.45) is 4.61. The number of rotatable bonds is 2. The van der Waals surface area contributed by atoms with Gasteiger partial charge in [0.2, 0.25) is 0 Å². The van der Waals surface area contributed by atoms with Crippen molar-refractivity contribution >= 4 is 14.5 Å². The Bertz CT molecular complexity index is 85.3. The van der Waals surface area contributed by atoms with Crippen LogP contribution in [-0.2, 0) is 3.79 Å². The van der Waals surface area contributed by atoms with E-state index in [4.69, 9.17) is 3.79 Å². The van der Waals surface area contributed by atoms with E-state index in [1.54, 1.807) is 0 Å². The normalized spacial score (nSPS) is 27.0. The summed E-state index contributed by atoms with van der Waals surface area (Å²) in [6.45, 7) is 4.51. The van der Waals surface area contributed by atoms with Crippen LogP contribution in [0.15, 0.2) is 0 Å². The molecule has 1 aliphatic rings. The van der Waals surface area contributed by atoms with Crippen molar-refractivity contribution < 1.29 is 3.79 Å². The van der Waals surface area contributed by atoms with Gasteiger partial charge in [-0.25, -0.2) is 0 Å². The molecule has 0 aromatic heterocycles. The topological polar surface area (TPSA) is 9.23 Å². The summed E-state index contributed by atoms with van der Waals surface area (Å²) in [5, 5.41) is 2.75. The highest BCUT2D eigenvalue weighted by Gasteiger charge is 2.25. The molecule has 1 aliphatic heterocycles. The van der Waals surface area contributed by atoms with Crippen molar-refractivity contribution in [3.05, 3.63) is 0 Å². The molecule has 1 atom stereocenters. The summed E-state index contributed by atoms with van der Waals surface area (Å²) in [6, 6.07) is 0. The fraction of sp³-hybridized carbons (Fsp3) is 1.00. The second kappa shape index (κ2) is 4.39. The first-order valence-corrected chi connectivity index (χ1v) is 6.62. The van der Waals surface area contributed by atoms with Crippen LogP contribution in [0.2, 0.25) is 10.6 Å². The molecule has 10 heavy (non-hydrogen) atoms. The van der Waals surface area contributed by atoms with Crippen LogP contribution in [0.1, 0.15) is 33.1 Å². The van der Waals surface area contributed by atoms with Gasteiger partial charge in [-0.05, 0) is 12.8 Å². The van der Waals surface area contributed by atoms with Crippen LogP contribution in [0.4, 0.5) is 0 Å². The van der Waals surface area contributed by atoms with Crippen LogP contribution in [0.5, 0.6) is 0 Å². The van der Waals surface area contributed by atoms with Gasteiger partial charge in [-0.2, -0.15) is 0 Å². The monoisotopic (exact) mass is 156 g/mol. The molecule has 1 fully saturated rings. The van der Waals surface area contributed by atoms with Gasteiger partial charge in [-0.15, -0.1) is 0 Å². The molecule has 0 saturated carbocycles. The van der Waals surface area contributed by atoms with Crippen molar-refractivity contribution in [2.75, 3.05) is 0 Å². The Morgan fingerprint density at radius 1 is 1.50 bits per heavy atom. The minimum atomic E-state index is -0.681. The van der Waals surface area contributed by atoms with Gasteiger partial charge in [-0.1, -0.05) is 30.8 Å². The summed E-state index contributed by atoms with van der Waals surface area (Å²) in [5.74, 6) is 0. The van der Waals surface area contributed by atoms with Crippen molar-refractivity contribution in [2.45, 2.75) is 49.8 Å². The maximum atomic E-state index is 5.92. The summed E-state index contributed by atoms with van der Waals surface area (Å²) in [4.78, 5) is 0. The summed E-state index contributed by atoms with van der Waals surface area (Å²) < 4.78 is 5.92. The van der Waals surface area contributed by atoms with E-state index in [0.29, 0.717) is 6.10 Å². The third kappa shape index (κ3) is 2.27. The van der Waals surface area contributed by atoms with Gasteiger partial charge >= 0.3 is 14.5 Å². The average Bonchev–Trinajstić information content (AvgIpc) is 2.05. The first-order chi connectivity index (χ1) is 4.86. The van der Waals surface area contributed by atoms with Crippen molar-refractivity contribution in [3.63, 3.8) is 0 Å². The lowest BCUT2D eigenvalue weighted by molar-refractivity contribution is 0.166. The maximum absolute atomic E-state index is 5.92. The van der Waals surface area contributed by atoms with Crippen LogP contribution in [-0.4, -0.2) is 20.6 Å². The molecule has 2 heteroatoms. The van der Waals surface area contributed by atoms with Crippen molar-refractivity contribution in [1.82, 2.24) is 0 Å². The summed E-state index contributed by atoms with van der Waals surface area (Å²) in [5.41, 5.74) is 0. The fourth-order valence-electron chi connectivity index (χ4n) is 1.58. The summed E-state index contributed by atoms with van der Waals surface area (Å²) in [7, 11) is 0. The van der Waals surface area contributed by atoms with Crippen LogP contribution < -0.4 is 0 Å². The fourth-order valence-corrected chi connectivity index (χ4v) is 3.88. The quantitative estimate of drug-likeness (QED) is 0.558. The molecule has 0 aromatic carbocycles. The van der Waals surface area contributed by atoms with Crippen molar-refractivity contribution in [1.29, 1.82) is 0 Å². The molecular formula is C8H17AlO. The average molecular weight is 156 g/mol. The van der Waals surface area contributed by atoms with E-state index in [9.17, 15) is 0 Å². The zero-order valence-corrected chi connectivity index (χ0v) is 8.25. The number of hydrogen-bond donors (Lipinski definition) is 0. The highest BCUT2D eigenvalue weighted by Crippen LogP contribution is 2.21. The molecule has 58 valence electrons. The predicted octanol–water partition coefficient (Wildman–Crippen LogP) is 2.59. The first kappa shape index (κ1) is 8.59. The molecule has 1 unspecified atom stereocenters. The van der Waals surface area contributed by atoms with E-state index < -0.39 is 14.5 Å². The van der Waals surface area contributed by atoms with Crippen molar-refractivity contribution in [3.8, 4) is 0 Å². The van der Waals surface area contributed by atoms with Crippen LogP contribution >= 0.6 is 0 Å². The predicted molar refractivity (Wildman–Crippen MR) is 45.4 cm³/mol. The van der Waals surface area contributed by atoms with Crippen molar-refractivity contribution in [2.24, 2.45) is 0 Å². The molecule has 1 rings (SSSR count). The lowest BCUT2D eigenvalue weighted by atomic mass is 10.2. The first-order valence-electron chi connectivity index (χ1n) is 4.52. The van der Waals surface area contributed by atoms with Crippen LogP contribution in [0.25, 0.3) is 0 Å². The Balaban J connectivity index is 2.25. The van der Waals surface area contributed by atoms with E-state index in [0.717, 1.165) is 0 Å². The largest absolute Gasteiger partial charge is 0.498 e. The van der Waals surface area contributed by atoms with Gasteiger partial charge in [0.25, 0.3) is 0 Å². The second-order valence-corrected chi connectivity index (χ2v) is 6.04. The molecule has 1 saturated heterocycles. The maximum Gasteiger partial charge on any atom is 0.460 e. The molecule has 0 aromatic rings. The minimum absolute atomic E-state index is 0.630. The van der Waals surface area contributed by atoms with Gasteiger partial charge in [0.05, 0.1) is 0 Å². The van der Waals surface area contributed by atoms with E-state index in [1.807, 2.05) is 0 Å². The Kier molecular flexibility index (Phi) is 3.77. The molecule has 1 heterocycles. The van der Waals surface area contributed by atoms with E-state index >= 15 is 0 Å². The van der Waals surface area contributed by atoms with Gasteiger partial charge in [0, 0.05) is 6.10 Å². The standard InChI is InChI=1S/C6H12O.C2H5.Al/c1-3-5-6(7)4-2;1-2;/h6H,1,3-5H2,2H3;1H2,2H3;/q-1;;+1. The minimum Gasteiger partial charge on any atom is -0.498 e. The Labute approximate surface area is 68.5 Å². The van der Waals surface area contributed by atoms with Crippen LogP contribution in [0.3, 0.4) is 0 Å². The van der Waals surface area contributed by atoms with E-state index in [-0.39, 0.29) is 0 Å². The van der Waals surface area contributed by atoms with E-state index in [1.165, 1.54) is 29.8 Å². The molecular weight excluding hydrogens is 139 g/mol. The Morgan fingerprint density at radius 2 is 2.30 bits per heavy atom. The second-order valence-electron chi connectivity index (χ2n) is 3.13. The third-order valence-corrected chi connectivity index (χ3v) is 5.08. The molecule has 0 amide bonds. The lowest BCUT2D eigenvalue weighted by Crippen LogP contribution is -2.29. The van der Waals surface area contributed by atoms with Gasteiger partial charge in [0.15, 0.2) is 0 Å². The SMILES string of the molecule is CCC1CC[CH2][Al]([CH2]C)[O]1. The third-order valence-electron chi connectivity index (χ3n) is 2.35. The Hall–Kier alpha value is 0.492. The molecule has 1 nitrogen and oxygen atoms in total. The lowest BCUT2D eigenvalue weighted by Gasteiger charge is -2.26. The summed E-state index contributed by atoms with van der Waals surface area (Å²) >= 11 is -0.681. The van der Waals surface area contributed by atoms with Gasteiger partial charge in [-0.3, -0.25) is 0 Å². The van der Waals surface area contributed by atoms with E-state index in [2.05, 4.69) is 13.8 Å². The Morgan fingerprint density at radius 3 is 2.90 bits per heavy atom. The number of hydrogen-bond acceptors (Lipinski definition) is 1. The zero-order chi connectivity index (χ0) is 7.40. The highest BCUT2D eigenvalue weighted by molar-refractivity contribution is 6.51. The van der Waals surface area contributed by atoms with Gasteiger partial charge in [0.1, 0.15) is 0 Å². The van der Waals surface area contributed by atoms with Crippen LogP contribution in [0, 0.1) is 0 Å². The molecule has 0 spiro atoms. The highest BCUT2D eigenvalue weighted by atomic mass is 27.2. The zero-order valence-electron chi connectivity index (χ0n) is 7.10. The van der Waals surface area contributed by atoms with Gasteiger partial charge < -0.3 is 3.79 Å². The molecule has 0 bridgehead atoms.